The van der Waals surface area contributed by atoms with E-state index in [-0.39, 0.29) is 11.4 Å². The molecule has 2 amide bonds. The number of hydrogen-bond acceptors (Lipinski definition) is 4. The summed E-state index contributed by atoms with van der Waals surface area (Å²) in [6.45, 7) is 1.86. The molecule has 8 heteroatoms. The van der Waals surface area contributed by atoms with Crippen LogP contribution >= 0.6 is 11.6 Å². The van der Waals surface area contributed by atoms with Gasteiger partial charge in [-0.15, -0.1) is 0 Å². The maximum absolute atomic E-state index is 12.9. The molecule has 0 aromatic heterocycles. The fourth-order valence-corrected chi connectivity index (χ4v) is 2.86. The SMILES string of the molecule is Cc1cccc(C(=O)NC(=Cc2ccc([N+](=O)[O-])cc2)C(=O)Nc2ccc(Cl)cc2)c1. The highest BCUT2D eigenvalue weighted by atomic mass is 35.5. The monoisotopic (exact) mass is 435 g/mol. The lowest BCUT2D eigenvalue weighted by Crippen LogP contribution is -2.30. The van der Waals surface area contributed by atoms with Crippen molar-refractivity contribution >= 4 is 40.9 Å². The van der Waals surface area contributed by atoms with Crippen LogP contribution in [0, 0.1) is 17.0 Å². The normalized spacial score (nSPS) is 11.0. The van der Waals surface area contributed by atoms with Crippen LogP contribution in [0.2, 0.25) is 5.02 Å². The van der Waals surface area contributed by atoms with Gasteiger partial charge in [0.1, 0.15) is 5.70 Å². The van der Waals surface area contributed by atoms with Crippen molar-refractivity contribution in [1.29, 1.82) is 0 Å². The van der Waals surface area contributed by atoms with Crippen molar-refractivity contribution in [3.8, 4) is 0 Å². The van der Waals surface area contributed by atoms with Crippen LogP contribution in [0.1, 0.15) is 21.5 Å². The molecule has 0 spiro atoms. The first-order chi connectivity index (χ1) is 14.8. The van der Waals surface area contributed by atoms with E-state index in [0.29, 0.717) is 21.8 Å². The van der Waals surface area contributed by atoms with Gasteiger partial charge in [0.15, 0.2) is 0 Å². The van der Waals surface area contributed by atoms with Gasteiger partial charge >= 0.3 is 0 Å². The lowest BCUT2D eigenvalue weighted by atomic mass is 10.1. The van der Waals surface area contributed by atoms with E-state index < -0.39 is 16.7 Å². The Kier molecular flexibility index (Phi) is 6.79. The minimum Gasteiger partial charge on any atom is -0.321 e. The van der Waals surface area contributed by atoms with Gasteiger partial charge in [0, 0.05) is 28.4 Å². The Morgan fingerprint density at radius 2 is 1.68 bits per heavy atom. The van der Waals surface area contributed by atoms with Crippen LogP contribution in [0.5, 0.6) is 0 Å². The van der Waals surface area contributed by atoms with E-state index in [1.165, 1.54) is 30.3 Å². The maximum Gasteiger partial charge on any atom is 0.272 e. The summed E-state index contributed by atoms with van der Waals surface area (Å²) in [6, 6.07) is 19.1. The molecule has 3 aromatic carbocycles. The highest BCUT2D eigenvalue weighted by Gasteiger charge is 2.16. The first-order valence-corrected chi connectivity index (χ1v) is 9.61. The van der Waals surface area contributed by atoms with Gasteiger partial charge in [-0.25, -0.2) is 0 Å². The van der Waals surface area contributed by atoms with Gasteiger partial charge < -0.3 is 10.6 Å². The van der Waals surface area contributed by atoms with Crippen molar-refractivity contribution in [2.45, 2.75) is 6.92 Å². The molecule has 0 heterocycles. The second-order valence-electron chi connectivity index (χ2n) is 6.69. The van der Waals surface area contributed by atoms with Crippen LogP contribution in [0.15, 0.2) is 78.5 Å². The van der Waals surface area contributed by atoms with Gasteiger partial charge in [0.25, 0.3) is 17.5 Å². The standard InChI is InChI=1S/C23H18ClN3O4/c1-15-3-2-4-17(13-15)22(28)26-21(14-16-5-11-20(12-6-16)27(30)31)23(29)25-19-9-7-18(24)8-10-19/h2-14H,1H3,(H,25,29)(H,26,28). The third-order valence-corrected chi connectivity index (χ3v) is 4.54. The number of non-ortho nitro benzene ring substituents is 1. The average molecular weight is 436 g/mol. The molecule has 7 nitrogen and oxygen atoms in total. The smallest absolute Gasteiger partial charge is 0.272 e. The molecule has 0 aliphatic carbocycles. The molecule has 31 heavy (non-hydrogen) atoms. The van der Waals surface area contributed by atoms with E-state index in [1.54, 1.807) is 42.5 Å². The van der Waals surface area contributed by atoms with Gasteiger partial charge in [-0.05, 0) is 67.1 Å². The first kappa shape index (κ1) is 21.7. The summed E-state index contributed by atoms with van der Waals surface area (Å²) in [6.07, 6.45) is 1.45. The van der Waals surface area contributed by atoms with Crippen LogP contribution < -0.4 is 10.6 Å². The fraction of sp³-hybridized carbons (Fsp3) is 0.0435. The zero-order valence-corrected chi connectivity index (χ0v) is 17.2. The number of nitro groups is 1. The molecule has 0 saturated heterocycles. The largest absolute Gasteiger partial charge is 0.321 e. The van der Waals surface area contributed by atoms with E-state index in [1.807, 2.05) is 13.0 Å². The highest BCUT2D eigenvalue weighted by Crippen LogP contribution is 2.17. The molecule has 0 aliphatic heterocycles. The number of carbonyl (C=O) groups is 2. The Bertz CT molecular complexity index is 1160. The summed E-state index contributed by atoms with van der Waals surface area (Å²) in [7, 11) is 0. The fourth-order valence-electron chi connectivity index (χ4n) is 2.73. The number of halogens is 1. The molecular formula is C23H18ClN3O4. The number of benzene rings is 3. The third kappa shape index (κ3) is 6.01. The van der Waals surface area contributed by atoms with E-state index in [2.05, 4.69) is 10.6 Å². The molecule has 156 valence electrons. The molecule has 0 unspecified atom stereocenters. The number of rotatable bonds is 6. The zero-order chi connectivity index (χ0) is 22.4. The van der Waals surface area contributed by atoms with E-state index in [9.17, 15) is 19.7 Å². The number of anilines is 1. The van der Waals surface area contributed by atoms with Crippen molar-refractivity contribution in [3.63, 3.8) is 0 Å². The molecule has 3 aromatic rings. The predicted octanol–water partition coefficient (Wildman–Crippen LogP) is 4.97. The van der Waals surface area contributed by atoms with Crippen LogP contribution in [0.4, 0.5) is 11.4 Å². The Labute approximate surface area is 183 Å². The van der Waals surface area contributed by atoms with Crippen molar-refractivity contribution < 1.29 is 14.5 Å². The Morgan fingerprint density at radius 3 is 2.29 bits per heavy atom. The van der Waals surface area contributed by atoms with Crippen LogP contribution in [0.25, 0.3) is 6.08 Å². The number of nitrogens with one attached hydrogen (secondary N) is 2. The Morgan fingerprint density at radius 1 is 1.00 bits per heavy atom. The lowest BCUT2D eigenvalue weighted by Gasteiger charge is -2.12. The van der Waals surface area contributed by atoms with Crippen LogP contribution in [-0.4, -0.2) is 16.7 Å². The van der Waals surface area contributed by atoms with E-state index >= 15 is 0 Å². The second-order valence-corrected chi connectivity index (χ2v) is 7.13. The predicted molar refractivity (Wildman–Crippen MR) is 120 cm³/mol. The highest BCUT2D eigenvalue weighted by molar-refractivity contribution is 6.30. The molecule has 0 saturated carbocycles. The quantitative estimate of drug-likeness (QED) is 0.324. The number of amides is 2. The second kappa shape index (κ2) is 9.69. The number of nitro benzene ring substituents is 1. The van der Waals surface area contributed by atoms with Crippen molar-refractivity contribution in [1.82, 2.24) is 5.32 Å². The molecular weight excluding hydrogens is 418 g/mol. The Hall–Kier alpha value is -3.97. The van der Waals surface area contributed by atoms with E-state index in [0.717, 1.165) is 5.56 Å². The summed E-state index contributed by atoms with van der Waals surface area (Å²) in [5.74, 6) is -1.01. The summed E-state index contributed by atoms with van der Waals surface area (Å²) >= 11 is 5.87. The van der Waals surface area contributed by atoms with Crippen molar-refractivity contribution in [2.75, 3.05) is 5.32 Å². The van der Waals surface area contributed by atoms with Gasteiger partial charge in [-0.3, -0.25) is 19.7 Å². The van der Waals surface area contributed by atoms with Gasteiger partial charge in [-0.1, -0.05) is 29.3 Å². The Balaban J connectivity index is 1.90. The molecule has 0 radical (unpaired) electrons. The van der Waals surface area contributed by atoms with Crippen molar-refractivity contribution in [3.05, 3.63) is 110 Å². The maximum atomic E-state index is 12.9. The molecule has 0 fully saturated rings. The summed E-state index contributed by atoms with van der Waals surface area (Å²) in [5.41, 5.74) is 2.21. The first-order valence-electron chi connectivity index (χ1n) is 9.23. The van der Waals surface area contributed by atoms with E-state index in [4.69, 9.17) is 11.6 Å². The minimum absolute atomic E-state index is 0.0182. The van der Waals surface area contributed by atoms with Crippen LogP contribution in [-0.2, 0) is 4.79 Å². The summed E-state index contributed by atoms with van der Waals surface area (Å²) in [4.78, 5) is 35.9. The number of carbonyl (C=O) groups excluding carboxylic acids is 2. The summed E-state index contributed by atoms with van der Waals surface area (Å²) in [5, 5.41) is 16.7. The lowest BCUT2D eigenvalue weighted by molar-refractivity contribution is -0.384. The minimum atomic E-state index is -0.554. The topological polar surface area (TPSA) is 101 Å². The molecule has 0 aliphatic rings. The van der Waals surface area contributed by atoms with Gasteiger partial charge in [0.05, 0.1) is 4.92 Å². The average Bonchev–Trinajstić information content (AvgIpc) is 2.75. The summed E-state index contributed by atoms with van der Waals surface area (Å²) < 4.78 is 0. The molecule has 0 atom stereocenters. The molecule has 2 N–H and O–H groups in total. The zero-order valence-electron chi connectivity index (χ0n) is 16.5. The number of hydrogen-bond donors (Lipinski definition) is 2. The number of aryl methyl sites for hydroxylation is 1. The van der Waals surface area contributed by atoms with Crippen molar-refractivity contribution in [2.24, 2.45) is 0 Å². The number of nitrogens with zero attached hydrogens (tertiary/aromatic N) is 1. The third-order valence-electron chi connectivity index (χ3n) is 4.29. The molecule has 0 bridgehead atoms. The van der Waals surface area contributed by atoms with Gasteiger partial charge in [0.2, 0.25) is 0 Å². The van der Waals surface area contributed by atoms with Crippen LogP contribution in [0.3, 0.4) is 0 Å². The van der Waals surface area contributed by atoms with Gasteiger partial charge in [-0.2, -0.15) is 0 Å². The molecule has 3 rings (SSSR count).